The lowest BCUT2D eigenvalue weighted by Gasteiger charge is -2.30. The minimum atomic E-state index is -3.68. The van der Waals surface area contributed by atoms with Crippen molar-refractivity contribution in [2.75, 3.05) is 50.5 Å². The van der Waals surface area contributed by atoms with Gasteiger partial charge in [0.25, 0.3) is 0 Å². The summed E-state index contributed by atoms with van der Waals surface area (Å²) in [5, 5.41) is 27.5. The summed E-state index contributed by atoms with van der Waals surface area (Å²) in [5.74, 6) is 0.692. The minimum Gasteiger partial charge on any atom is -0.395 e. The van der Waals surface area contributed by atoms with E-state index in [1.54, 1.807) is 6.92 Å². The molecule has 0 aromatic rings. The standard InChI is InChI=1S/C15H30O7S2/c1-3-6-22-13-24(19,20)15(4-2,11-17)12-21-7-5-8-23-10-14(18)9-16/h3,14,16-18H,1,4-13H2,2H3. The van der Waals surface area contributed by atoms with Gasteiger partial charge in [-0.2, -0.15) is 11.8 Å². The molecule has 0 aromatic heterocycles. The lowest BCUT2D eigenvalue weighted by atomic mass is 10.1. The van der Waals surface area contributed by atoms with Gasteiger partial charge in [0, 0.05) is 12.4 Å². The van der Waals surface area contributed by atoms with Crippen LogP contribution in [0.25, 0.3) is 0 Å². The Labute approximate surface area is 149 Å². The highest BCUT2D eigenvalue weighted by atomic mass is 32.2. The summed E-state index contributed by atoms with van der Waals surface area (Å²) in [6, 6.07) is 0. The second-order valence-corrected chi connectivity index (χ2v) is 8.89. The predicted molar refractivity (Wildman–Crippen MR) is 95.9 cm³/mol. The van der Waals surface area contributed by atoms with E-state index in [2.05, 4.69) is 6.58 Å². The van der Waals surface area contributed by atoms with E-state index in [0.29, 0.717) is 18.8 Å². The van der Waals surface area contributed by atoms with Crippen molar-refractivity contribution in [3.8, 4) is 0 Å². The number of thioether (sulfide) groups is 1. The Morgan fingerprint density at radius 3 is 2.58 bits per heavy atom. The molecule has 0 bridgehead atoms. The van der Waals surface area contributed by atoms with Crippen LogP contribution in [0, 0.1) is 0 Å². The highest BCUT2D eigenvalue weighted by Gasteiger charge is 2.42. The largest absolute Gasteiger partial charge is 0.395 e. The molecule has 144 valence electrons. The van der Waals surface area contributed by atoms with Crippen LogP contribution < -0.4 is 0 Å². The summed E-state index contributed by atoms with van der Waals surface area (Å²) in [5.41, 5.74) is 0. The molecule has 0 heterocycles. The lowest BCUT2D eigenvalue weighted by Crippen LogP contribution is -2.48. The van der Waals surface area contributed by atoms with E-state index < -0.39 is 33.2 Å². The molecule has 0 spiro atoms. The van der Waals surface area contributed by atoms with Crippen molar-refractivity contribution >= 4 is 21.6 Å². The molecule has 0 aliphatic heterocycles. The molecule has 3 N–H and O–H groups in total. The fourth-order valence-corrected chi connectivity index (χ4v) is 4.16. The molecule has 0 amide bonds. The van der Waals surface area contributed by atoms with Gasteiger partial charge in [-0.3, -0.25) is 0 Å². The van der Waals surface area contributed by atoms with E-state index in [0.717, 1.165) is 5.75 Å². The Balaban J connectivity index is 4.30. The minimum absolute atomic E-state index is 0.0935. The Morgan fingerprint density at radius 2 is 2.04 bits per heavy atom. The molecule has 0 radical (unpaired) electrons. The van der Waals surface area contributed by atoms with E-state index in [9.17, 15) is 18.6 Å². The van der Waals surface area contributed by atoms with Crippen LogP contribution >= 0.6 is 11.8 Å². The molecule has 0 rings (SSSR count). The molecule has 0 aliphatic carbocycles. The fraction of sp³-hybridized carbons (Fsp3) is 0.867. The zero-order valence-corrected chi connectivity index (χ0v) is 15.9. The molecule has 24 heavy (non-hydrogen) atoms. The number of hydrogen-bond acceptors (Lipinski definition) is 8. The maximum absolute atomic E-state index is 12.4. The van der Waals surface area contributed by atoms with Crippen LogP contribution in [0.1, 0.15) is 19.8 Å². The Kier molecular flexibility index (Phi) is 13.0. The Bertz CT molecular complexity index is 422. The monoisotopic (exact) mass is 386 g/mol. The molecule has 0 saturated heterocycles. The SMILES string of the molecule is C=CCOCS(=O)(=O)C(CC)(CO)COCCCSCC(O)CO. The summed E-state index contributed by atoms with van der Waals surface area (Å²) in [6.45, 7) is 4.75. The quantitative estimate of drug-likeness (QED) is 0.255. The van der Waals surface area contributed by atoms with Crippen molar-refractivity contribution in [1.82, 2.24) is 0 Å². The van der Waals surface area contributed by atoms with E-state index in [-0.39, 0.29) is 26.2 Å². The van der Waals surface area contributed by atoms with Gasteiger partial charge in [0.1, 0.15) is 10.7 Å². The zero-order chi connectivity index (χ0) is 18.5. The maximum atomic E-state index is 12.4. The van der Waals surface area contributed by atoms with Gasteiger partial charge < -0.3 is 24.8 Å². The smallest absolute Gasteiger partial charge is 0.184 e. The summed E-state index contributed by atoms with van der Waals surface area (Å²) >= 11 is 1.49. The first-order valence-corrected chi connectivity index (χ1v) is 10.7. The van der Waals surface area contributed by atoms with Crippen molar-refractivity contribution < 1.29 is 33.2 Å². The highest BCUT2D eigenvalue weighted by Crippen LogP contribution is 2.23. The van der Waals surface area contributed by atoms with E-state index in [1.165, 1.54) is 17.8 Å². The van der Waals surface area contributed by atoms with Crippen molar-refractivity contribution in [1.29, 1.82) is 0 Å². The van der Waals surface area contributed by atoms with Crippen molar-refractivity contribution in [2.45, 2.75) is 30.6 Å². The van der Waals surface area contributed by atoms with Gasteiger partial charge in [0.05, 0.1) is 32.5 Å². The third-order valence-electron chi connectivity index (χ3n) is 3.53. The van der Waals surface area contributed by atoms with Crippen LogP contribution in [0.4, 0.5) is 0 Å². The van der Waals surface area contributed by atoms with E-state index in [1.807, 2.05) is 0 Å². The lowest BCUT2D eigenvalue weighted by molar-refractivity contribution is 0.0814. The molecule has 7 nitrogen and oxygen atoms in total. The molecule has 2 unspecified atom stereocenters. The van der Waals surface area contributed by atoms with Gasteiger partial charge in [0.15, 0.2) is 9.84 Å². The van der Waals surface area contributed by atoms with Gasteiger partial charge in [0.2, 0.25) is 0 Å². The summed E-state index contributed by atoms with van der Waals surface area (Å²) < 4.78 is 33.9. The van der Waals surface area contributed by atoms with Crippen LogP contribution in [0.15, 0.2) is 12.7 Å². The second-order valence-electron chi connectivity index (χ2n) is 5.40. The number of ether oxygens (including phenoxy) is 2. The average Bonchev–Trinajstić information content (AvgIpc) is 2.57. The fourth-order valence-electron chi connectivity index (χ4n) is 1.83. The van der Waals surface area contributed by atoms with Crippen LogP contribution in [-0.4, -0.2) is 85.1 Å². The van der Waals surface area contributed by atoms with E-state index >= 15 is 0 Å². The highest BCUT2D eigenvalue weighted by molar-refractivity contribution is 7.99. The third-order valence-corrected chi connectivity index (χ3v) is 7.06. The van der Waals surface area contributed by atoms with Crippen LogP contribution in [0.2, 0.25) is 0 Å². The molecular weight excluding hydrogens is 356 g/mol. The molecule has 0 aromatic carbocycles. The zero-order valence-electron chi connectivity index (χ0n) is 14.2. The number of aliphatic hydroxyl groups excluding tert-OH is 3. The number of rotatable bonds is 16. The Hall–Kier alpha value is -0.160. The van der Waals surface area contributed by atoms with Crippen molar-refractivity contribution in [3.05, 3.63) is 12.7 Å². The summed E-state index contributed by atoms with van der Waals surface area (Å²) in [6.07, 6.45) is 1.64. The maximum Gasteiger partial charge on any atom is 0.184 e. The molecule has 0 saturated carbocycles. The third kappa shape index (κ3) is 8.28. The molecular formula is C15H30O7S2. The number of sulfone groups is 1. The van der Waals surface area contributed by atoms with Gasteiger partial charge in [-0.1, -0.05) is 13.0 Å². The predicted octanol–water partition coefficient (Wildman–Crippen LogP) is 0.196. The first-order chi connectivity index (χ1) is 11.4. The van der Waals surface area contributed by atoms with Gasteiger partial charge >= 0.3 is 0 Å². The molecule has 0 aliphatic rings. The van der Waals surface area contributed by atoms with Gasteiger partial charge in [-0.05, 0) is 18.6 Å². The van der Waals surface area contributed by atoms with Gasteiger partial charge in [-0.15, -0.1) is 6.58 Å². The molecule has 0 fully saturated rings. The van der Waals surface area contributed by atoms with Crippen LogP contribution in [-0.2, 0) is 19.3 Å². The second kappa shape index (κ2) is 13.1. The summed E-state index contributed by atoms with van der Waals surface area (Å²) in [4.78, 5) is 0. The number of aliphatic hydroxyl groups is 3. The van der Waals surface area contributed by atoms with Crippen molar-refractivity contribution in [2.24, 2.45) is 0 Å². The average molecular weight is 387 g/mol. The van der Waals surface area contributed by atoms with Crippen LogP contribution in [0.5, 0.6) is 0 Å². The normalized spacial score (nSPS) is 15.8. The van der Waals surface area contributed by atoms with Gasteiger partial charge in [-0.25, -0.2) is 8.42 Å². The summed E-state index contributed by atoms with van der Waals surface area (Å²) in [7, 11) is -3.68. The molecule has 9 heteroatoms. The molecule has 2 atom stereocenters. The Morgan fingerprint density at radius 1 is 1.33 bits per heavy atom. The topological polar surface area (TPSA) is 113 Å². The van der Waals surface area contributed by atoms with E-state index in [4.69, 9.17) is 14.6 Å². The van der Waals surface area contributed by atoms with Crippen molar-refractivity contribution in [3.63, 3.8) is 0 Å². The number of hydrogen-bond donors (Lipinski definition) is 3. The first kappa shape index (κ1) is 23.8. The first-order valence-electron chi connectivity index (χ1n) is 7.85. The van der Waals surface area contributed by atoms with Crippen LogP contribution in [0.3, 0.4) is 0 Å².